The van der Waals surface area contributed by atoms with E-state index in [2.05, 4.69) is 5.32 Å². The Hall–Kier alpha value is -1.95. The van der Waals surface area contributed by atoms with Crippen LogP contribution in [0.1, 0.15) is 17.3 Å². The van der Waals surface area contributed by atoms with Crippen LogP contribution in [0.25, 0.3) is 0 Å². The molecular weight excluding hydrogens is 248 g/mol. The number of hydrogen-bond donors (Lipinski definition) is 2. The number of carbonyl (C=O) groups excluding carboxylic acids is 1. The highest BCUT2D eigenvalue weighted by Crippen LogP contribution is 2.30. The maximum atomic E-state index is 12.1. The zero-order valence-corrected chi connectivity index (χ0v) is 11.6. The van der Waals surface area contributed by atoms with E-state index in [4.69, 9.17) is 19.9 Å². The Kier molecular flexibility index (Phi) is 5.44. The minimum absolute atomic E-state index is 0.0716. The number of carbonyl (C=O) groups is 1. The van der Waals surface area contributed by atoms with E-state index in [0.29, 0.717) is 23.6 Å². The Labute approximate surface area is 112 Å². The highest BCUT2D eigenvalue weighted by molar-refractivity contribution is 6.00. The lowest BCUT2D eigenvalue weighted by Crippen LogP contribution is -2.32. The van der Waals surface area contributed by atoms with Gasteiger partial charge in [-0.25, -0.2) is 0 Å². The molecule has 6 heteroatoms. The number of amides is 1. The van der Waals surface area contributed by atoms with E-state index in [9.17, 15) is 4.79 Å². The highest BCUT2D eigenvalue weighted by atomic mass is 16.5. The highest BCUT2D eigenvalue weighted by Gasteiger charge is 2.16. The zero-order valence-electron chi connectivity index (χ0n) is 11.6. The number of anilines is 1. The Morgan fingerprint density at radius 2 is 2.00 bits per heavy atom. The fraction of sp³-hybridized carbons (Fsp3) is 0.462. The predicted octanol–water partition coefficient (Wildman–Crippen LogP) is 1.05. The number of hydrogen-bond acceptors (Lipinski definition) is 5. The molecule has 1 aromatic rings. The van der Waals surface area contributed by atoms with E-state index in [0.717, 1.165) is 0 Å². The maximum Gasteiger partial charge on any atom is 0.253 e. The second kappa shape index (κ2) is 6.84. The average Bonchev–Trinajstić information content (AvgIpc) is 2.44. The minimum Gasteiger partial charge on any atom is -0.497 e. The van der Waals surface area contributed by atoms with Crippen LogP contribution in [0.3, 0.4) is 0 Å². The molecule has 6 nitrogen and oxygen atoms in total. The van der Waals surface area contributed by atoms with E-state index in [1.54, 1.807) is 19.2 Å². The van der Waals surface area contributed by atoms with E-state index < -0.39 is 0 Å². The molecule has 0 aliphatic heterocycles. The van der Waals surface area contributed by atoms with Crippen LogP contribution in [0.4, 0.5) is 5.69 Å². The summed E-state index contributed by atoms with van der Waals surface area (Å²) in [6.45, 7) is 2.25. The van der Waals surface area contributed by atoms with E-state index in [-0.39, 0.29) is 17.7 Å². The van der Waals surface area contributed by atoms with Crippen LogP contribution in [0.15, 0.2) is 12.1 Å². The summed E-state index contributed by atoms with van der Waals surface area (Å²) < 4.78 is 15.3. The first-order valence-corrected chi connectivity index (χ1v) is 5.86. The van der Waals surface area contributed by atoms with Crippen molar-refractivity contribution in [1.82, 2.24) is 5.32 Å². The van der Waals surface area contributed by atoms with E-state index in [1.165, 1.54) is 14.2 Å². The van der Waals surface area contributed by atoms with Gasteiger partial charge in [-0.2, -0.15) is 0 Å². The summed E-state index contributed by atoms with van der Waals surface area (Å²) >= 11 is 0. The lowest BCUT2D eigenvalue weighted by molar-refractivity contribution is 0.0870. The fourth-order valence-corrected chi connectivity index (χ4v) is 1.49. The molecule has 1 amide bonds. The van der Waals surface area contributed by atoms with Crippen LogP contribution < -0.4 is 20.5 Å². The zero-order chi connectivity index (χ0) is 14.4. The largest absolute Gasteiger partial charge is 0.497 e. The van der Waals surface area contributed by atoms with Crippen LogP contribution in [0.2, 0.25) is 0 Å². The number of nitrogens with one attached hydrogen (secondary N) is 1. The van der Waals surface area contributed by atoms with Gasteiger partial charge in [-0.3, -0.25) is 4.79 Å². The van der Waals surface area contributed by atoms with Crippen molar-refractivity contribution in [3.05, 3.63) is 17.7 Å². The third-order valence-corrected chi connectivity index (χ3v) is 2.77. The van der Waals surface area contributed by atoms with Gasteiger partial charge in [0.15, 0.2) is 0 Å². The average molecular weight is 268 g/mol. The number of benzene rings is 1. The topological polar surface area (TPSA) is 82.8 Å². The van der Waals surface area contributed by atoms with Crippen molar-refractivity contribution in [3.8, 4) is 11.5 Å². The first-order valence-electron chi connectivity index (χ1n) is 5.86. The molecule has 1 rings (SSSR count). The van der Waals surface area contributed by atoms with Gasteiger partial charge in [0.1, 0.15) is 11.5 Å². The van der Waals surface area contributed by atoms with E-state index >= 15 is 0 Å². The van der Waals surface area contributed by atoms with Crippen molar-refractivity contribution in [1.29, 1.82) is 0 Å². The van der Waals surface area contributed by atoms with Gasteiger partial charge >= 0.3 is 0 Å². The van der Waals surface area contributed by atoms with Gasteiger partial charge in [-0.15, -0.1) is 0 Å². The van der Waals surface area contributed by atoms with Crippen molar-refractivity contribution in [2.24, 2.45) is 0 Å². The third-order valence-electron chi connectivity index (χ3n) is 2.77. The molecule has 0 aliphatic rings. The van der Waals surface area contributed by atoms with E-state index in [1.807, 2.05) is 6.92 Å². The van der Waals surface area contributed by atoms with Crippen LogP contribution >= 0.6 is 0 Å². The summed E-state index contributed by atoms with van der Waals surface area (Å²) in [6.07, 6.45) is -0.0716. The van der Waals surface area contributed by atoms with Gasteiger partial charge in [0.05, 0.1) is 31.6 Å². The molecule has 0 spiro atoms. The Balaban J connectivity index is 2.95. The van der Waals surface area contributed by atoms with Gasteiger partial charge in [-0.05, 0) is 13.0 Å². The summed E-state index contributed by atoms with van der Waals surface area (Å²) in [5, 5.41) is 2.74. The summed E-state index contributed by atoms with van der Waals surface area (Å²) in [5.41, 5.74) is 6.49. The Morgan fingerprint density at radius 1 is 1.32 bits per heavy atom. The molecule has 0 fully saturated rings. The molecule has 1 aromatic carbocycles. The summed E-state index contributed by atoms with van der Waals surface area (Å²) in [5.74, 6) is 0.624. The number of ether oxygens (including phenoxy) is 3. The molecule has 1 atom stereocenters. The SMILES string of the molecule is COc1cc(OC)c(N)c(C(=O)NCC(C)OC)c1. The van der Waals surface area contributed by atoms with Gasteiger partial charge < -0.3 is 25.3 Å². The molecule has 0 radical (unpaired) electrons. The van der Waals surface area contributed by atoms with Crippen LogP contribution in [-0.4, -0.2) is 39.9 Å². The summed E-state index contributed by atoms with van der Waals surface area (Å²) in [6, 6.07) is 3.20. The quantitative estimate of drug-likeness (QED) is 0.753. The smallest absolute Gasteiger partial charge is 0.253 e. The van der Waals surface area contributed by atoms with Crippen LogP contribution in [-0.2, 0) is 4.74 Å². The molecule has 0 aliphatic carbocycles. The third kappa shape index (κ3) is 3.75. The standard InChI is InChI=1S/C13H20N2O4/c1-8(17-2)7-15-13(16)10-5-9(18-3)6-11(19-4)12(10)14/h5-6,8H,7,14H2,1-4H3,(H,15,16). The molecule has 0 heterocycles. The normalized spacial score (nSPS) is 11.8. The first kappa shape index (κ1) is 15.1. The Morgan fingerprint density at radius 3 is 2.53 bits per heavy atom. The lowest BCUT2D eigenvalue weighted by Gasteiger charge is -2.14. The number of nitrogen functional groups attached to an aromatic ring is 1. The van der Waals surface area contributed by atoms with Gasteiger partial charge in [0, 0.05) is 19.7 Å². The molecule has 0 aromatic heterocycles. The molecule has 1 unspecified atom stereocenters. The van der Waals surface area contributed by atoms with Gasteiger partial charge in [0.25, 0.3) is 5.91 Å². The van der Waals surface area contributed by atoms with Crippen molar-refractivity contribution in [2.75, 3.05) is 33.6 Å². The number of methoxy groups -OCH3 is 3. The maximum absolute atomic E-state index is 12.1. The Bertz CT molecular complexity index is 449. The number of nitrogens with two attached hydrogens (primary N) is 1. The fourth-order valence-electron chi connectivity index (χ4n) is 1.49. The van der Waals surface area contributed by atoms with Crippen molar-refractivity contribution >= 4 is 11.6 Å². The molecule has 0 bridgehead atoms. The first-order chi connectivity index (χ1) is 9.03. The van der Waals surface area contributed by atoms with Crippen molar-refractivity contribution < 1.29 is 19.0 Å². The summed E-state index contributed by atoms with van der Waals surface area (Å²) in [7, 11) is 4.58. The molecule has 0 saturated heterocycles. The van der Waals surface area contributed by atoms with Gasteiger partial charge in [0.2, 0.25) is 0 Å². The van der Waals surface area contributed by atoms with Gasteiger partial charge in [-0.1, -0.05) is 0 Å². The molecule has 0 saturated carbocycles. The van der Waals surface area contributed by atoms with Crippen molar-refractivity contribution in [2.45, 2.75) is 13.0 Å². The second-order valence-corrected chi connectivity index (χ2v) is 4.05. The number of rotatable bonds is 6. The minimum atomic E-state index is -0.293. The predicted molar refractivity (Wildman–Crippen MR) is 72.8 cm³/mol. The summed E-state index contributed by atoms with van der Waals surface area (Å²) in [4.78, 5) is 12.1. The lowest BCUT2D eigenvalue weighted by atomic mass is 10.1. The van der Waals surface area contributed by atoms with Crippen LogP contribution in [0, 0.1) is 0 Å². The van der Waals surface area contributed by atoms with Crippen molar-refractivity contribution in [3.63, 3.8) is 0 Å². The second-order valence-electron chi connectivity index (χ2n) is 4.05. The molecule has 106 valence electrons. The molecule has 3 N–H and O–H groups in total. The molecule has 19 heavy (non-hydrogen) atoms. The monoisotopic (exact) mass is 268 g/mol. The molecular formula is C13H20N2O4. The van der Waals surface area contributed by atoms with Crippen LogP contribution in [0.5, 0.6) is 11.5 Å².